The third kappa shape index (κ3) is 3.48. The second-order valence-corrected chi connectivity index (χ2v) is 6.37. The predicted molar refractivity (Wildman–Crippen MR) is 90.6 cm³/mol. The molecule has 0 radical (unpaired) electrons. The molecule has 1 aromatic carbocycles. The van der Waals surface area contributed by atoms with Gasteiger partial charge in [-0.3, -0.25) is 4.79 Å². The SMILES string of the molecule is Cc1ccc(NC(=O)Cc2nnc(-c3sccc3C)o2)cc1C. The van der Waals surface area contributed by atoms with Crippen molar-refractivity contribution in [3.63, 3.8) is 0 Å². The molecule has 6 heteroatoms. The lowest BCUT2D eigenvalue weighted by Crippen LogP contribution is -2.14. The molecule has 0 atom stereocenters. The van der Waals surface area contributed by atoms with E-state index in [2.05, 4.69) is 15.5 Å². The minimum atomic E-state index is -0.175. The van der Waals surface area contributed by atoms with Crippen molar-refractivity contribution in [2.24, 2.45) is 0 Å². The van der Waals surface area contributed by atoms with Gasteiger partial charge in [-0.2, -0.15) is 0 Å². The first-order valence-electron chi connectivity index (χ1n) is 7.27. The smallest absolute Gasteiger partial charge is 0.258 e. The van der Waals surface area contributed by atoms with Gasteiger partial charge in [0.25, 0.3) is 5.89 Å². The van der Waals surface area contributed by atoms with Crippen molar-refractivity contribution in [3.05, 3.63) is 52.2 Å². The second kappa shape index (κ2) is 6.34. The van der Waals surface area contributed by atoms with E-state index in [-0.39, 0.29) is 12.3 Å². The Kier molecular flexibility index (Phi) is 4.25. The highest BCUT2D eigenvalue weighted by Crippen LogP contribution is 2.27. The molecule has 0 aliphatic rings. The topological polar surface area (TPSA) is 68.0 Å². The van der Waals surface area contributed by atoms with Gasteiger partial charge >= 0.3 is 0 Å². The van der Waals surface area contributed by atoms with Gasteiger partial charge in [-0.05, 0) is 61.0 Å². The summed E-state index contributed by atoms with van der Waals surface area (Å²) in [5.74, 6) is 0.604. The van der Waals surface area contributed by atoms with E-state index in [1.165, 1.54) is 5.56 Å². The van der Waals surface area contributed by atoms with Gasteiger partial charge in [0.2, 0.25) is 11.8 Å². The molecular formula is C17H17N3O2S. The zero-order valence-electron chi connectivity index (χ0n) is 13.2. The number of carbonyl (C=O) groups excluding carboxylic acids is 1. The number of hydrogen-bond donors (Lipinski definition) is 1. The molecule has 2 aromatic heterocycles. The Balaban J connectivity index is 1.67. The van der Waals surface area contributed by atoms with E-state index < -0.39 is 0 Å². The molecule has 23 heavy (non-hydrogen) atoms. The summed E-state index contributed by atoms with van der Waals surface area (Å²) < 4.78 is 5.59. The summed E-state index contributed by atoms with van der Waals surface area (Å²) in [5.41, 5.74) is 4.18. The number of nitrogens with one attached hydrogen (secondary N) is 1. The highest BCUT2D eigenvalue weighted by Gasteiger charge is 2.15. The van der Waals surface area contributed by atoms with Crippen LogP contribution in [0, 0.1) is 20.8 Å². The fraction of sp³-hybridized carbons (Fsp3) is 0.235. The van der Waals surface area contributed by atoms with Crippen molar-refractivity contribution < 1.29 is 9.21 Å². The number of anilines is 1. The Hall–Kier alpha value is -2.47. The van der Waals surface area contributed by atoms with E-state index in [4.69, 9.17) is 4.42 Å². The van der Waals surface area contributed by atoms with E-state index in [1.54, 1.807) is 11.3 Å². The molecule has 3 rings (SSSR count). The maximum atomic E-state index is 12.1. The van der Waals surface area contributed by atoms with Crippen molar-refractivity contribution in [3.8, 4) is 10.8 Å². The van der Waals surface area contributed by atoms with Crippen LogP contribution in [0.25, 0.3) is 10.8 Å². The number of nitrogens with zero attached hydrogens (tertiary/aromatic N) is 2. The average molecular weight is 327 g/mol. The number of carbonyl (C=O) groups is 1. The summed E-state index contributed by atoms with van der Waals surface area (Å²) in [5, 5.41) is 12.8. The van der Waals surface area contributed by atoms with Crippen molar-refractivity contribution in [1.82, 2.24) is 10.2 Å². The molecule has 3 aromatic rings. The van der Waals surface area contributed by atoms with Crippen LogP contribution in [0.5, 0.6) is 0 Å². The molecule has 0 spiro atoms. The Morgan fingerprint density at radius 2 is 1.96 bits per heavy atom. The number of hydrogen-bond acceptors (Lipinski definition) is 5. The molecule has 0 aliphatic carbocycles. The van der Waals surface area contributed by atoms with Crippen LogP contribution in [0.1, 0.15) is 22.6 Å². The Labute approximate surface area is 138 Å². The molecule has 2 heterocycles. The largest absolute Gasteiger partial charge is 0.419 e. The summed E-state index contributed by atoms with van der Waals surface area (Å²) >= 11 is 1.54. The van der Waals surface area contributed by atoms with E-state index in [9.17, 15) is 4.79 Å². The van der Waals surface area contributed by atoms with Crippen molar-refractivity contribution in [1.29, 1.82) is 0 Å². The van der Waals surface area contributed by atoms with Crippen LogP contribution in [0.3, 0.4) is 0 Å². The highest BCUT2D eigenvalue weighted by atomic mass is 32.1. The van der Waals surface area contributed by atoms with Gasteiger partial charge in [0.1, 0.15) is 6.42 Å². The third-order valence-electron chi connectivity index (χ3n) is 3.63. The Bertz CT molecular complexity index is 851. The number of aromatic nitrogens is 2. The van der Waals surface area contributed by atoms with Crippen LogP contribution >= 0.6 is 11.3 Å². The van der Waals surface area contributed by atoms with Gasteiger partial charge in [0.15, 0.2) is 0 Å². The summed E-state index contributed by atoms with van der Waals surface area (Å²) in [6.07, 6.45) is 0.0599. The fourth-order valence-electron chi connectivity index (χ4n) is 2.17. The van der Waals surface area contributed by atoms with E-state index in [1.807, 2.05) is 50.4 Å². The van der Waals surface area contributed by atoms with Gasteiger partial charge in [-0.1, -0.05) is 6.07 Å². The van der Waals surface area contributed by atoms with E-state index >= 15 is 0 Å². The highest BCUT2D eigenvalue weighted by molar-refractivity contribution is 7.13. The maximum Gasteiger partial charge on any atom is 0.258 e. The molecule has 0 aliphatic heterocycles. The van der Waals surface area contributed by atoms with Gasteiger partial charge in [0, 0.05) is 5.69 Å². The molecule has 0 fully saturated rings. The predicted octanol–water partition coefficient (Wildman–Crippen LogP) is 3.90. The van der Waals surface area contributed by atoms with Crippen LogP contribution < -0.4 is 5.32 Å². The second-order valence-electron chi connectivity index (χ2n) is 5.46. The minimum absolute atomic E-state index is 0.0599. The third-order valence-corrected chi connectivity index (χ3v) is 4.63. The quantitative estimate of drug-likeness (QED) is 0.789. The monoisotopic (exact) mass is 327 g/mol. The first-order chi connectivity index (χ1) is 11.0. The molecule has 1 N–H and O–H groups in total. The lowest BCUT2D eigenvalue weighted by Gasteiger charge is -2.06. The number of rotatable bonds is 4. The van der Waals surface area contributed by atoms with Gasteiger partial charge in [-0.25, -0.2) is 0 Å². The molecule has 5 nitrogen and oxygen atoms in total. The normalized spacial score (nSPS) is 10.7. The molecule has 0 unspecified atom stereocenters. The standard InChI is InChI=1S/C17H17N3O2S/c1-10-4-5-13(8-12(10)3)18-14(21)9-15-19-20-17(22-15)16-11(2)6-7-23-16/h4-8H,9H2,1-3H3,(H,18,21). The van der Waals surface area contributed by atoms with Gasteiger partial charge < -0.3 is 9.73 Å². The Morgan fingerprint density at radius 1 is 1.13 bits per heavy atom. The van der Waals surface area contributed by atoms with Crippen molar-refractivity contribution in [2.45, 2.75) is 27.2 Å². The van der Waals surface area contributed by atoms with Crippen molar-refractivity contribution >= 4 is 22.9 Å². The van der Waals surface area contributed by atoms with Crippen LogP contribution in [0.15, 0.2) is 34.1 Å². The summed E-state index contributed by atoms with van der Waals surface area (Å²) in [6.45, 7) is 6.04. The number of benzene rings is 1. The number of aryl methyl sites for hydroxylation is 3. The molecular weight excluding hydrogens is 310 g/mol. The van der Waals surface area contributed by atoms with Crippen LogP contribution in [-0.4, -0.2) is 16.1 Å². The van der Waals surface area contributed by atoms with Crippen LogP contribution in [-0.2, 0) is 11.2 Å². The first kappa shape index (κ1) is 15.4. The van der Waals surface area contributed by atoms with Crippen molar-refractivity contribution in [2.75, 3.05) is 5.32 Å². The van der Waals surface area contributed by atoms with E-state index in [0.29, 0.717) is 11.8 Å². The molecule has 118 valence electrons. The molecule has 1 amide bonds. The molecule has 0 saturated heterocycles. The number of thiophene rings is 1. The maximum absolute atomic E-state index is 12.1. The van der Waals surface area contributed by atoms with Gasteiger partial charge in [-0.15, -0.1) is 21.5 Å². The lowest BCUT2D eigenvalue weighted by atomic mass is 10.1. The first-order valence-corrected chi connectivity index (χ1v) is 8.15. The minimum Gasteiger partial charge on any atom is -0.419 e. The summed E-state index contributed by atoms with van der Waals surface area (Å²) in [6, 6.07) is 7.81. The number of amides is 1. The summed E-state index contributed by atoms with van der Waals surface area (Å²) in [4.78, 5) is 13.0. The zero-order chi connectivity index (χ0) is 16.4. The Morgan fingerprint density at radius 3 is 2.65 bits per heavy atom. The van der Waals surface area contributed by atoms with Crippen LogP contribution in [0.4, 0.5) is 5.69 Å². The zero-order valence-corrected chi connectivity index (χ0v) is 14.0. The molecule has 0 bridgehead atoms. The fourth-order valence-corrected chi connectivity index (χ4v) is 3.02. The average Bonchev–Trinajstić information content (AvgIpc) is 3.11. The summed E-state index contributed by atoms with van der Waals surface area (Å²) in [7, 11) is 0. The van der Waals surface area contributed by atoms with E-state index in [0.717, 1.165) is 21.7 Å². The van der Waals surface area contributed by atoms with Gasteiger partial charge in [0.05, 0.1) is 4.88 Å². The lowest BCUT2D eigenvalue weighted by molar-refractivity contribution is -0.115. The van der Waals surface area contributed by atoms with Crippen LogP contribution in [0.2, 0.25) is 0 Å². The molecule has 0 saturated carbocycles.